The number of anilines is 1. The van der Waals surface area contributed by atoms with E-state index in [0.717, 1.165) is 23.2 Å². The molecule has 154 valence electrons. The number of amides is 1. The average Bonchev–Trinajstić information content (AvgIpc) is 3.51. The molecule has 1 aliphatic rings. The smallest absolute Gasteiger partial charge is 0.272 e. The van der Waals surface area contributed by atoms with Gasteiger partial charge in [0.05, 0.1) is 0 Å². The van der Waals surface area contributed by atoms with Crippen molar-refractivity contribution >= 4 is 11.6 Å². The molecular formula is C25H22N4O2. The second kappa shape index (κ2) is 8.07. The first kappa shape index (κ1) is 19.1. The summed E-state index contributed by atoms with van der Waals surface area (Å²) in [6.07, 6.45) is 7.97. The van der Waals surface area contributed by atoms with E-state index in [0.29, 0.717) is 23.1 Å². The lowest BCUT2D eigenvalue weighted by molar-refractivity contribution is 0.101. The number of carbonyl (C=O) groups excluding carboxylic acids is 1. The summed E-state index contributed by atoms with van der Waals surface area (Å²) >= 11 is 0. The van der Waals surface area contributed by atoms with Gasteiger partial charge in [0.15, 0.2) is 5.82 Å². The van der Waals surface area contributed by atoms with E-state index < -0.39 is 0 Å². The van der Waals surface area contributed by atoms with Gasteiger partial charge in [-0.05, 0) is 37.0 Å². The molecule has 6 nitrogen and oxygen atoms in total. The van der Waals surface area contributed by atoms with Crippen molar-refractivity contribution in [1.82, 2.24) is 14.5 Å². The van der Waals surface area contributed by atoms with Crippen LogP contribution in [0, 0.1) is 5.92 Å². The predicted molar refractivity (Wildman–Crippen MR) is 120 cm³/mol. The monoisotopic (exact) mass is 410 g/mol. The number of aromatic nitrogens is 3. The number of hydrogen-bond donors (Lipinski definition) is 2. The van der Waals surface area contributed by atoms with Crippen LogP contribution in [0.4, 0.5) is 5.69 Å². The van der Waals surface area contributed by atoms with E-state index >= 15 is 0 Å². The first-order valence-electron chi connectivity index (χ1n) is 10.3. The van der Waals surface area contributed by atoms with Crippen molar-refractivity contribution in [2.75, 3.05) is 5.32 Å². The zero-order valence-corrected chi connectivity index (χ0v) is 16.9. The summed E-state index contributed by atoms with van der Waals surface area (Å²) in [5.41, 5.74) is 3.87. The molecule has 0 bridgehead atoms. The van der Waals surface area contributed by atoms with Crippen molar-refractivity contribution in [2.24, 2.45) is 5.92 Å². The molecule has 1 saturated carbocycles. The largest absolute Gasteiger partial charge is 0.508 e. The van der Waals surface area contributed by atoms with Gasteiger partial charge in [-0.2, -0.15) is 0 Å². The number of rotatable bonds is 6. The maximum absolute atomic E-state index is 13.0. The Morgan fingerprint density at radius 3 is 2.45 bits per heavy atom. The zero-order valence-electron chi connectivity index (χ0n) is 16.9. The zero-order chi connectivity index (χ0) is 21.2. The van der Waals surface area contributed by atoms with Gasteiger partial charge < -0.3 is 15.0 Å². The second-order valence-corrected chi connectivity index (χ2v) is 7.88. The molecule has 2 aromatic carbocycles. The molecule has 1 aliphatic carbocycles. The summed E-state index contributed by atoms with van der Waals surface area (Å²) < 4.78 is 2.01. The molecule has 2 N–H and O–H groups in total. The Balaban J connectivity index is 1.43. The molecule has 0 saturated heterocycles. The Hall–Kier alpha value is -3.93. The number of phenols is 1. The minimum atomic E-state index is -0.209. The van der Waals surface area contributed by atoms with Crippen LogP contribution in [-0.4, -0.2) is 25.5 Å². The number of benzene rings is 2. The molecule has 0 atom stereocenters. The Bertz CT molecular complexity index is 1210. The van der Waals surface area contributed by atoms with Crippen molar-refractivity contribution in [2.45, 2.75) is 19.4 Å². The van der Waals surface area contributed by atoms with Crippen LogP contribution in [0.5, 0.6) is 5.75 Å². The average molecular weight is 410 g/mol. The van der Waals surface area contributed by atoms with Crippen LogP contribution in [0.25, 0.3) is 22.5 Å². The third-order valence-electron chi connectivity index (χ3n) is 5.40. The van der Waals surface area contributed by atoms with Gasteiger partial charge in [-0.3, -0.25) is 4.79 Å². The topological polar surface area (TPSA) is 80.0 Å². The molecule has 0 unspecified atom stereocenters. The van der Waals surface area contributed by atoms with Crippen LogP contribution in [0.3, 0.4) is 0 Å². The summed E-state index contributed by atoms with van der Waals surface area (Å²) in [5, 5.41) is 12.5. The quantitative estimate of drug-likeness (QED) is 0.470. The van der Waals surface area contributed by atoms with Gasteiger partial charge in [0.1, 0.15) is 11.4 Å². The molecular weight excluding hydrogens is 388 g/mol. The molecule has 1 fully saturated rings. The molecule has 31 heavy (non-hydrogen) atoms. The lowest BCUT2D eigenvalue weighted by atomic mass is 10.1. The standard InChI is InChI=1S/C25H22N4O2/c30-22-8-4-7-21(12-22)28-25(31)23-11-19(16-29(23)15-17-9-10-17)20-13-26-24(27-14-20)18-5-2-1-3-6-18/h1-8,11-14,16-17,30H,9-10,15H2,(H,28,31). The molecule has 0 spiro atoms. The van der Waals surface area contributed by atoms with Crippen molar-refractivity contribution in [3.63, 3.8) is 0 Å². The maximum atomic E-state index is 13.0. The SMILES string of the molecule is O=C(Nc1cccc(O)c1)c1cc(-c2cnc(-c3ccccc3)nc2)cn1CC1CC1. The fourth-order valence-electron chi connectivity index (χ4n) is 3.58. The summed E-state index contributed by atoms with van der Waals surface area (Å²) in [5.74, 6) is 1.19. The Labute approximate surface area is 180 Å². The van der Waals surface area contributed by atoms with E-state index in [1.54, 1.807) is 30.6 Å². The number of nitrogens with one attached hydrogen (secondary N) is 1. The maximum Gasteiger partial charge on any atom is 0.272 e. The number of aromatic hydroxyl groups is 1. The minimum Gasteiger partial charge on any atom is -0.508 e. The van der Waals surface area contributed by atoms with Crippen molar-refractivity contribution in [3.05, 3.63) is 84.9 Å². The lowest BCUT2D eigenvalue weighted by Gasteiger charge is -2.09. The van der Waals surface area contributed by atoms with E-state index in [9.17, 15) is 9.90 Å². The Kier molecular flexibility index (Phi) is 4.96. The van der Waals surface area contributed by atoms with E-state index in [1.165, 1.54) is 18.9 Å². The van der Waals surface area contributed by atoms with E-state index in [4.69, 9.17) is 0 Å². The highest BCUT2D eigenvalue weighted by molar-refractivity contribution is 6.04. The number of hydrogen-bond acceptors (Lipinski definition) is 4. The summed E-state index contributed by atoms with van der Waals surface area (Å²) in [7, 11) is 0. The fourth-order valence-corrected chi connectivity index (χ4v) is 3.58. The van der Waals surface area contributed by atoms with Gasteiger partial charge in [-0.15, -0.1) is 0 Å². The van der Waals surface area contributed by atoms with E-state index in [-0.39, 0.29) is 11.7 Å². The van der Waals surface area contributed by atoms with Crippen molar-refractivity contribution in [1.29, 1.82) is 0 Å². The summed E-state index contributed by atoms with van der Waals surface area (Å²) in [6.45, 7) is 0.811. The fraction of sp³-hybridized carbons (Fsp3) is 0.160. The van der Waals surface area contributed by atoms with Crippen molar-refractivity contribution in [3.8, 4) is 28.3 Å². The van der Waals surface area contributed by atoms with Crippen LogP contribution >= 0.6 is 0 Å². The third-order valence-corrected chi connectivity index (χ3v) is 5.40. The van der Waals surface area contributed by atoms with Gasteiger partial charge in [-0.1, -0.05) is 36.4 Å². The van der Waals surface area contributed by atoms with E-state index in [2.05, 4.69) is 15.3 Å². The third kappa shape index (κ3) is 4.33. The van der Waals surface area contributed by atoms with Gasteiger partial charge in [0.2, 0.25) is 0 Å². The molecule has 4 aromatic rings. The second-order valence-electron chi connectivity index (χ2n) is 7.88. The number of nitrogens with zero attached hydrogens (tertiary/aromatic N) is 3. The molecule has 1 amide bonds. The van der Waals surface area contributed by atoms with Gasteiger partial charge in [0, 0.05) is 53.6 Å². The number of carbonyl (C=O) groups is 1. The molecule has 0 radical (unpaired) electrons. The van der Waals surface area contributed by atoms with Gasteiger partial charge in [-0.25, -0.2) is 9.97 Å². The highest BCUT2D eigenvalue weighted by Crippen LogP contribution is 2.33. The Morgan fingerprint density at radius 2 is 1.74 bits per heavy atom. The predicted octanol–water partition coefficient (Wildman–Crippen LogP) is 4.98. The minimum absolute atomic E-state index is 0.113. The van der Waals surface area contributed by atoms with Crippen LogP contribution in [0.2, 0.25) is 0 Å². The van der Waals surface area contributed by atoms with E-state index in [1.807, 2.05) is 47.2 Å². The van der Waals surface area contributed by atoms with Crippen molar-refractivity contribution < 1.29 is 9.90 Å². The van der Waals surface area contributed by atoms with Gasteiger partial charge >= 0.3 is 0 Å². The highest BCUT2D eigenvalue weighted by Gasteiger charge is 2.25. The lowest BCUT2D eigenvalue weighted by Crippen LogP contribution is -2.17. The normalized spacial score (nSPS) is 13.2. The number of phenolic OH excluding ortho intramolecular Hbond substituents is 1. The van der Waals surface area contributed by atoms with Crippen LogP contribution in [0.1, 0.15) is 23.3 Å². The van der Waals surface area contributed by atoms with Crippen LogP contribution in [-0.2, 0) is 6.54 Å². The molecule has 5 rings (SSSR count). The first-order chi connectivity index (χ1) is 15.2. The summed E-state index contributed by atoms with van der Waals surface area (Å²) in [6, 6.07) is 18.3. The van der Waals surface area contributed by atoms with Crippen LogP contribution in [0.15, 0.2) is 79.3 Å². The Morgan fingerprint density at radius 1 is 0.968 bits per heavy atom. The molecule has 2 heterocycles. The summed E-state index contributed by atoms with van der Waals surface area (Å²) in [4.78, 5) is 22.0. The first-order valence-corrected chi connectivity index (χ1v) is 10.3. The van der Waals surface area contributed by atoms with Crippen LogP contribution < -0.4 is 5.32 Å². The molecule has 2 aromatic heterocycles. The molecule has 6 heteroatoms. The highest BCUT2D eigenvalue weighted by atomic mass is 16.3. The van der Waals surface area contributed by atoms with Gasteiger partial charge in [0.25, 0.3) is 5.91 Å². The molecule has 0 aliphatic heterocycles.